The van der Waals surface area contributed by atoms with Gasteiger partial charge in [0.2, 0.25) is 5.91 Å². The highest BCUT2D eigenvalue weighted by molar-refractivity contribution is 7.99. The molecule has 2 heterocycles. The quantitative estimate of drug-likeness (QED) is 0.307. The molecular formula is C26H23N3O3S. The monoisotopic (exact) mass is 457 g/mol. The summed E-state index contributed by atoms with van der Waals surface area (Å²) in [5, 5.41) is 4.73. The molecular weight excluding hydrogens is 434 g/mol. The van der Waals surface area contributed by atoms with Gasteiger partial charge in [-0.3, -0.25) is 4.79 Å². The Kier molecular flexibility index (Phi) is 6.04. The molecule has 0 aliphatic carbocycles. The van der Waals surface area contributed by atoms with Crippen LogP contribution < -0.4 is 10.1 Å². The number of thioether (sulfide) groups is 1. The summed E-state index contributed by atoms with van der Waals surface area (Å²) in [6, 6.07) is 23.8. The highest BCUT2D eigenvalue weighted by Gasteiger charge is 2.19. The van der Waals surface area contributed by atoms with Crippen LogP contribution >= 0.6 is 11.8 Å². The molecule has 3 aromatic carbocycles. The maximum atomic E-state index is 12.7. The van der Waals surface area contributed by atoms with Gasteiger partial charge in [0.25, 0.3) is 5.22 Å². The average molecular weight is 458 g/mol. The number of carbonyl (C=O) groups is 1. The van der Waals surface area contributed by atoms with Crippen molar-refractivity contribution in [3.05, 3.63) is 90.1 Å². The molecule has 5 rings (SSSR count). The number of nitrogens with one attached hydrogen (secondary N) is 2. The number of fused-ring (bicyclic) bond motifs is 2. The van der Waals surface area contributed by atoms with E-state index in [4.69, 9.17) is 9.15 Å². The van der Waals surface area contributed by atoms with Gasteiger partial charge in [0, 0.05) is 29.6 Å². The molecule has 2 N–H and O–H groups in total. The van der Waals surface area contributed by atoms with Gasteiger partial charge < -0.3 is 19.5 Å². The lowest BCUT2D eigenvalue weighted by Crippen LogP contribution is -2.30. The van der Waals surface area contributed by atoms with Crippen molar-refractivity contribution in [1.29, 1.82) is 0 Å². The van der Waals surface area contributed by atoms with Crippen LogP contribution in [0, 0.1) is 0 Å². The summed E-state index contributed by atoms with van der Waals surface area (Å²) in [7, 11) is 1.65. The van der Waals surface area contributed by atoms with Crippen LogP contribution in [0.3, 0.4) is 0 Å². The molecule has 1 atom stereocenters. The fourth-order valence-corrected chi connectivity index (χ4v) is 4.60. The number of nitrogens with zero attached hydrogens (tertiary/aromatic N) is 1. The SMILES string of the molecule is COc1ccc([C@@H](CNC(=O)CSc2nc3ccccc3o2)c2c[nH]c3ccccc23)cc1. The zero-order valence-electron chi connectivity index (χ0n) is 18.1. The minimum atomic E-state index is -0.0689. The summed E-state index contributed by atoms with van der Waals surface area (Å²) in [6.45, 7) is 0.473. The number of hydrogen-bond donors (Lipinski definition) is 2. The topological polar surface area (TPSA) is 80.2 Å². The summed E-state index contributed by atoms with van der Waals surface area (Å²) < 4.78 is 11.0. The second-order valence-electron chi connectivity index (χ2n) is 7.66. The van der Waals surface area contributed by atoms with Gasteiger partial charge in [-0.15, -0.1) is 0 Å². The molecule has 166 valence electrons. The summed E-state index contributed by atoms with van der Waals surface area (Å²) in [5.74, 6) is 0.955. The van der Waals surface area contributed by atoms with Crippen LogP contribution in [-0.2, 0) is 4.79 Å². The fourth-order valence-electron chi connectivity index (χ4n) is 3.93. The van der Waals surface area contributed by atoms with Gasteiger partial charge in [-0.05, 0) is 41.5 Å². The van der Waals surface area contributed by atoms with Crippen LogP contribution in [0.5, 0.6) is 5.75 Å². The van der Waals surface area contributed by atoms with Crippen LogP contribution in [0.4, 0.5) is 0 Å². The molecule has 0 saturated carbocycles. The van der Waals surface area contributed by atoms with E-state index in [1.165, 1.54) is 11.8 Å². The molecule has 0 saturated heterocycles. The van der Waals surface area contributed by atoms with Crippen molar-refractivity contribution < 1.29 is 13.9 Å². The van der Waals surface area contributed by atoms with Crippen molar-refractivity contribution in [2.45, 2.75) is 11.1 Å². The molecule has 0 unspecified atom stereocenters. The summed E-state index contributed by atoms with van der Waals surface area (Å²) >= 11 is 1.29. The molecule has 7 heteroatoms. The van der Waals surface area contributed by atoms with Crippen LogP contribution in [0.1, 0.15) is 17.0 Å². The number of para-hydroxylation sites is 3. The summed E-state index contributed by atoms with van der Waals surface area (Å²) in [6.07, 6.45) is 2.03. The number of ether oxygens (including phenoxy) is 1. The normalized spacial score (nSPS) is 12.2. The van der Waals surface area contributed by atoms with Crippen LogP contribution in [0.2, 0.25) is 0 Å². The first kappa shape index (κ1) is 21.2. The van der Waals surface area contributed by atoms with Crippen molar-refractivity contribution in [3.63, 3.8) is 0 Å². The predicted octanol–water partition coefficient (Wildman–Crippen LogP) is 5.36. The van der Waals surface area contributed by atoms with Gasteiger partial charge in [-0.1, -0.05) is 54.2 Å². The molecule has 0 aliphatic rings. The van der Waals surface area contributed by atoms with Crippen molar-refractivity contribution in [1.82, 2.24) is 15.3 Å². The number of oxazole rings is 1. The zero-order chi connectivity index (χ0) is 22.6. The van der Waals surface area contributed by atoms with E-state index in [0.717, 1.165) is 38.9 Å². The standard InChI is InChI=1S/C26H23N3O3S/c1-31-18-12-10-17(11-13-18)20(21-15-27-22-7-3-2-6-19(21)22)14-28-25(30)16-33-26-29-23-8-4-5-9-24(23)32-26/h2-13,15,20,27H,14,16H2,1H3,(H,28,30)/t20-/m1/s1. The van der Waals surface area contributed by atoms with Gasteiger partial charge in [0.05, 0.1) is 12.9 Å². The Hall–Kier alpha value is -3.71. The van der Waals surface area contributed by atoms with E-state index in [-0.39, 0.29) is 17.6 Å². The van der Waals surface area contributed by atoms with E-state index in [1.807, 2.05) is 66.9 Å². The summed E-state index contributed by atoms with van der Waals surface area (Å²) in [4.78, 5) is 20.4. The van der Waals surface area contributed by atoms with Crippen molar-refractivity contribution in [2.24, 2.45) is 0 Å². The Bertz CT molecular complexity index is 1360. The molecule has 1 amide bonds. The number of H-pyrrole nitrogens is 1. The lowest BCUT2D eigenvalue weighted by Gasteiger charge is -2.18. The second-order valence-corrected chi connectivity index (χ2v) is 8.58. The van der Waals surface area contributed by atoms with E-state index >= 15 is 0 Å². The largest absolute Gasteiger partial charge is 0.497 e. The number of benzene rings is 3. The third-order valence-corrected chi connectivity index (χ3v) is 6.45. The number of methoxy groups -OCH3 is 1. The molecule has 0 fully saturated rings. The fraction of sp³-hybridized carbons (Fsp3) is 0.154. The number of aromatic amines is 1. The van der Waals surface area contributed by atoms with Crippen LogP contribution in [0.15, 0.2) is 88.6 Å². The van der Waals surface area contributed by atoms with Crippen molar-refractivity contribution in [3.8, 4) is 5.75 Å². The third kappa shape index (κ3) is 4.59. The van der Waals surface area contributed by atoms with Gasteiger partial charge in [0.15, 0.2) is 5.58 Å². The average Bonchev–Trinajstić information content (AvgIpc) is 3.47. The Morgan fingerprint density at radius 2 is 1.88 bits per heavy atom. The molecule has 0 radical (unpaired) electrons. The Labute approximate surface area is 195 Å². The predicted molar refractivity (Wildman–Crippen MR) is 131 cm³/mol. The van der Waals surface area contributed by atoms with Crippen LogP contribution in [-0.4, -0.2) is 35.3 Å². The van der Waals surface area contributed by atoms with Gasteiger partial charge in [-0.25, -0.2) is 4.98 Å². The smallest absolute Gasteiger partial charge is 0.257 e. The van der Waals surface area contributed by atoms with E-state index in [0.29, 0.717) is 11.8 Å². The number of carbonyl (C=O) groups excluding carboxylic acids is 1. The highest BCUT2D eigenvalue weighted by atomic mass is 32.2. The minimum absolute atomic E-state index is 0.00895. The maximum Gasteiger partial charge on any atom is 0.257 e. The molecule has 33 heavy (non-hydrogen) atoms. The first-order chi connectivity index (χ1) is 16.2. The zero-order valence-corrected chi connectivity index (χ0v) is 18.9. The second kappa shape index (κ2) is 9.42. The lowest BCUT2D eigenvalue weighted by molar-refractivity contribution is -0.118. The number of rotatable bonds is 8. The number of aromatic nitrogens is 2. The summed E-state index contributed by atoms with van der Waals surface area (Å²) in [5.41, 5.74) is 4.83. The number of hydrogen-bond acceptors (Lipinski definition) is 5. The van der Waals surface area contributed by atoms with Crippen LogP contribution in [0.25, 0.3) is 22.0 Å². The van der Waals surface area contributed by atoms with Crippen molar-refractivity contribution >= 4 is 39.7 Å². The van der Waals surface area contributed by atoms with Gasteiger partial charge >= 0.3 is 0 Å². The molecule has 0 bridgehead atoms. The molecule has 6 nitrogen and oxygen atoms in total. The highest BCUT2D eigenvalue weighted by Crippen LogP contribution is 2.31. The Balaban J connectivity index is 1.31. The van der Waals surface area contributed by atoms with E-state index in [9.17, 15) is 4.79 Å². The first-order valence-corrected chi connectivity index (χ1v) is 11.6. The van der Waals surface area contributed by atoms with E-state index < -0.39 is 0 Å². The molecule has 5 aromatic rings. The van der Waals surface area contributed by atoms with E-state index in [1.54, 1.807) is 7.11 Å². The number of amides is 1. The first-order valence-electron chi connectivity index (χ1n) is 10.7. The maximum absolute atomic E-state index is 12.7. The minimum Gasteiger partial charge on any atom is -0.497 e. The molecule has 2 aromatic heterocycles. The van der Waals surface area contributed by atoms with Crippen molar-refractivity contribution in [2.75, 3.05) is 19.4 Å². The Morgan fingerprint density at radius 3 is 2.70 bits per heavy atom. The molecule has 0 aliphatic heterocycles. The lowest BCUT2D eigenvalue weighted by atomic mass is 9.91. The van der Waals surface area contributed by atoms with Gasteiger partial charge in [-0.2, -0.15) is 0 Å². The van der Waals surface area contributed by atoms with E-state index in [2.05, 4.69) is 27.4 Å². The Morgan fingerprint density at radius 1 is 1.09 bits per heavy atom. The van der Waals surface area contributed by atoms with Gasteiger partial charge in [0.1, 0.15) is 11.3 Å². The third-order valence-electron chi connectivity index (χ3n) is 5.62. The molecule has 0 spiro atoms.